The monoisotopic (exact) mass is 320 g/mol. The van der Waals surface area contributed by atoms with Crippen molar-refractivity contribution < 1.29 is 4.92 Å². The van der Waals surface area contributed by atoms with Crippen molar-refractivity contribution in [2.75, 3.05) is 56.1 Å². The molecule has 0 atom stereocenters. The second-order valence-electron chi connectivity index (χ2n) is 6.32. The van der Waals surface area contributed by atoms with Crippen molar-refractivity contribution in [3.05, 3.63) is 16.4 Å². The molecule has 2 aliphatic heterocycles. The van der Waals surface area contributed by atoms with Gasteiger partial charge in [-0.05, 0) is 19.9 Å². The fraction of sp³-hybridized carbons (Fsp3) is 0.733. The van der Waals surface area contributed by atoms with Crippen LogP contribution in [0.4, 0.5) is 17.3 Å². The zero-order valence-electron chi connectivity index (χ0n) is 13.6. The number of piperazine rings is 1. The Labute approximate surface area is 136 Å². The minimum atomic E-state index is -0.312. The van der Waals surface area contributed by atoms with Gasteiger partial charge in [0.05, 0.1) is 4.92 Å². The first-order valence-corrected chi connectivity index (χ1v) is 8.34. The van der Waals surface area contributed by atoms with Gasteiger partial charge < -0.3 is 14.7 Å². The zero-order valence-corrected chi connectivity index (χ0v) is 13.6. The number of anilines is 2. The van der Waals surface area contributed by atoms with Crippen molar-refractivity contribution in [3.63, 3.8) is 0 Å². The molecule has 8 nitrogen and oxygen atoms in total. The number of likely N-dealkylation sites (N-methyl/N-ethyl adjacent to an activating group) is 1. The molecule has 0 aliphatic carbocycles. The second-order valence-corrected chi connectivity index (χ2v) is 6.32. The Kier molecular flexibility index (Phi) is 4.90. The maximum atomic E-state index is 11.7. The maximum Gasteiger partial charge on any atom is 0.353 e. The number of hydrogen-bond acceptors (Lipinski definition) is 7. The molecule has 23 heavy (non-hydrogen) atoms. The Bertz CT molecular complexity index is 551. The van der Waals surface area contributed by atoms with Crippen molar-refractivity contribution in [1.82, 2.24) is 14.9 Å². The highest BCUT2D eigenvalue weighted by molar-refractivity contribution is 5.71. The van der Waals surface area contributed by atoms with Crippen LogP contribution in [0.15, 0.2) is 6.33 Å². The lowest BCUT2D eigenvalue weighted by Gasteiger charge is -2.33. The Balaban J connectivity index is 1.93. The molecule has 0 unspecified atom stereocenters. The van der Waals surface area contributed by atoms with Crippen LogP contribution in [-0.2, 0) is 0 Å². The summed E-state index contributed by atoms with van der Waals surface area (Å²) >= 11 is 0. The lowest BCUT2D eigenvalue weighted by atomic mass is 10.2. The van der Waals surface area contributed by atoms with Crippen LogP contribution in [0.2, 0.25) is 0 Å². The number of aromatic nitrogens is 2. The molecule has 3 heterocycles. The van der Waals surface area contributed by atoms with E-state index in [0.29, 0.717) is 11.6 Å². The van der Waals surface area contributed by atoms with Crippen molar-refractivity contribution >= 4 is 17.3 Å². The largest absolute Gasteiger partial charge is 0.353 e. The van der Waals surface area contributed by atoms with Crippen LogP contribution in [0.25, 0.3) is 0 Å². The first-order valence-electron chi connectivity index (χ1n) is 8.34. The molecule has 0 radical (unpaired) electrons. The van der Waals surface area contributed by atoms with Crippen LogP contribution >= 0.6 is 0 Å². The van der Waals surface area contributed by atoms with Crippen LogP contribution in [0.3, 0.4) is 0 Å². The molecule has 0 aromatic carbocycles. The van der Waals surface area contributed by atoms with Gasteiger partial charge in [-0.15, -0.1) is 0 Å². The molecule has 2 fully saturated rings. The molecule has 8 heteroatoms. The summed E-state index contributed by atoms with van der Waals surface area (Å²) in [5, 5.41) is 11.7. The highest BCUT2D eigenvalue weighted by Crippen LogP contribution is 2.35. The van der Waals surface area contributed by atoms with Crippen molar-refractivity contribution in [2.24, 2.45) is 0 Å². The van der Waals surface area contributed by atoms with Gasteiger partial charge in [-0.2, -0.15) is 0 Å². The van der Waals surface area contributed by atoms with Gasteiger partial charge in [0, 0.05) is 39.3 Å². The van der Waals surface area contributed by atoms with E-state index in [0.717, 1.165) is 52.1 Å². The third-order valence-electron chi connectivity index (χ3n) is 4.67. The SMILES string of the molecule is CN1CCN(c2ncnc(N3CCCCCC3)c2[N+](=O)[O-])CC1. The average Bonchev–Trinajstić information content (AvgIpc) is 2.84. The van der Waals surface area contributed by atoms with Gasteiger partial charge in [0.1, 0.15) is 6.33 Å². The highest BCUT2D eigenvalue weighted by Gasteiger charge is 2.31. The predicted octanol–water partition coefficient (Wildman–Crippen LogP) is 1.52. The van der Waals surface area contributed by atoms with E-state index in [1.165, 1.54) is 19.2 Å². The Morgan fingerprint density at radius 1 is 0.913 bits per heavy atom. The van der Waals surface area contributed by atoms with Crippen molar-refractivity contribution in [3.8, 4) is 0 Å². The standard InChI is InChI=1S/C15H24N6O2/c1-18-8-10-20(11-9-18)15-13(21(22)23)14(16-12-17-15)19-6-4-2-3-5-7-19/h12H,2-11H2,1H3. The van der Waals surface area contributed by atoms with E-state index < -0.39 is 0 Å². The summed E-state index contributed by atoms with van der Waals surface area (Å²) in [5.74, 6) is 0.957. The molecule has 3 rings (SSSR count). The zero-order chi connectivity index (χ0) is 16.2. The minimum absolute atomic E-state index is 0.0685. The molecule has 0 bridgehead atoms. The Morgan fingerprint density at radius 2 is 1.43 bits per heavy atom. The lowest BCUT2D eigenvalue weighted by Crippen LogP contribution is -2.45. The average molecular weight is 320 g/mol. The third-order valence-corrected chi connectivity index (χ3v) is 4.67. The van der Waals surface area contributed by atoms with Gasteiger partial charge >= 0.3 is 5.69 Å². The minimum Gasteiger partial charge on any atom is -0.351 e. The van der Waals surface area contributed by atoms with Crippen LogP contribution in [0.1, 0.15) is 25.7 Å². The summed E-state index contributed by atoms with van der Waals surface area (Å²) in [5.41, 5.74) is 0.0685. The topological polar surface area (TPSA) is 78.6 Å². The fourth-order valence-electron chi connectivity index (χ4n) is 3.29. The Hall–Kier alpha value is -1.96. The summed E-state index contributed by atoms with van der Waals surface area (Å²) in [6, 6.07) is 0. The highest BCUT2D eigenvalue weighted by atomic mass is 16.6. The summed E-state index contributed by atoms with van der Waals surface area (Å²) < 4.78 is 0. The van der Waals surface area contributed by atoms with Gasteiger partial charge in [0.2, 0.25) is 11.6 Å². The molecule has 1 aromatic rings. The van der Waals surface area contributed by atoms with Gasteiger partial charge in [0.25, 0.3) is 0 Å². The van der Waals surface area contributed by atoms with E-state index in [2.05, 4.69) is 26.8 Å². The number of rotatable bonds is 3. The van der Waals surface area contributed by atoms with Crippen molar-refractivity contribution in [2.45, 2.75) is 25.7 Å². The van der Waals surface area contributed by atoms with Crippen LogP contribution in [-0.4, -0.2) is 66.1 Å². The number of nitrogens with zero attached hydrogens (tertiary/aromatic N) is 6. The van der Waals surface area contributed by atoms with E-state index in [1.807, 2.05) is 4.90 Å². The molecular formula is C15H24N6O2. The number of nitro groups is 1. The Morgan fingerprint density at radius 3 is 1.96 bits per heavy atom. The fourth-order valence-corrected chi connectivity index (χ4v) is 3.29. The molecule has 0 saturated carbocycles. The van der Waals surface area contributed by atoms with E-state index >= 15 is 0 Å². The molecule has 0 spiro atoms. The summed E-state index contributed by atoms with van der Waals surface area (Å²) in [7, 11) is 2.06. The molecular weight excluding hydrogens is 296 g/mol. The van der Waals surface area contributed by atoms with Gasteiger partial charge in [-0.25, -0.2) is 9.97 Å². The predicted molar refractivity (Wildman–Crippen MR) is 89.1 cm³/mol. The normalized spacial score (nSPS) is 20.4. The first kappa shape index (κ1) is 15.9. The third kappa shape index (κ3) is 3.52. The smallest absolute Gasteiger partial charge is 0.351 e. The molecule has 2 saturated heterocycles. The summed E-state index contributed by atoms with van der Waals surface area (Å²) in [6.45, 7) is 4.96. The maximum absolute atomic E-state index is 11.7. The molecule has 0 amide bonds. The van der Waals surface area contributed by atoms with Crippen LogP contribution in [0, 0.1) is 10.1 Å². The van der Waals surface area contributed by atoms with Crippen LogP contribution < -0.4 is 9.80 Å². The van der Waals surface area contributed by atoms with Gasteiger partial charge in [-0.1, -0.05) is 12.8 Å². The molecule has 2 aliphatic rings. The van der Waals surface area contributed by atoms with E-state index in [-0.39, 0.29) is 10.6 Å². The van der Waals surface area contributed by atoms with E-state index in [9.17, 15) is 10.1 Å². The molecule has 126 valence electrons. The summed E-state index contributed by atoms with van der Waals surface area (Å²) in [6.07, 6.45) is 5.96. The van der Waals surface area contributed by atoms with Crippen molar-refractivity contribution in [1.29, 1.82) is 0 Å². The number of hydrogen-bond donors (Lipinski definition) is 0. The molecule has 0 N–H and O–H groups in total. The quantitative estimate of drug-likeness (QED) is 0.617. The van der Waals surface area contributed by atoms with Gasteiger partial charge in [0.15, 0.2) is 0 Å². The van der Waals surface area contributed by atoms with E-state index in [4.69, 9.17) is 0 Å². The summed E-state index contributed by atoms with van der Waals surface area (Å²) in [4.78, 5) is 26.3. The van der Waals surface area contributed by atoms with Crippen LogP contribution in [0.5, 0.6) is 0 Å². The second kappa shape index (κ2) is 7.08. The molecule has 1 aromatic heterocycles. The first-order chi connectivity index (χ1) is 11.2. The van der Waals surface area contributed by atoms with E-state index in [1.54, 1.807) is 0 Å². The van der Waals surface area contributed by atoms with Gasteiger partial charge in [-0.3, -0.25) is 10.1 Å². The lowest BCUT2D eigenvalue weighted by molar-refractivity contribution is -0.383.